The van der Waals surface area contributed by atoms with Crippen molar-refractivity contribution < 1.29 is 9.50 Å². The highest BCUT2D eigenvalue weighted by Crippen LogP contribution is 2.25. The summed E-state index contributed by atoms with van der Waals surface area (Å²) in [6, 6.07) is 13.1. The van der Waals surface area contributed by atoms with Gasteiger partial charge in [0, 0.05) is 11.1 Å². The molecular formula is C18H16FNO2. The Morgan fingerprint density at radius 1 is 1.05 bits per heavy atom. The van der Waals surface area contributed by atoms with E-state index in [1.165, 1.54) is 18.2 Å². The predicted molar refractivity (Wildman–Crippen MR) is 85.2 cm³/mol. The zero-order valence-electron chi connectivity index (χ0n) is 12.4. The van der Waals surface area contributed by atoms with Crippen LogP contribution in [0.25, 0.3) is 22.0 Å². The molecular weight excluding hydrogens is 281 g/mol. The Kier molecular flexibility index (Phi) is 3.34. The number of nitrogens with one attached hydrogen (secondary N) is 1. The number of halogens is 1. The summed E-state index contributed by atoms with van der Waals surface area (Å²) >= 11 is 0. The van der Waals surface area contributed by atoms with Gasteiger partial charge in [0.25, 0.3) is 5.56 Å². The van der Waals surface area contributed by atoms with Crippen LogP contribution in [0.3, 0.4) is 0 Å². The summed E-state index contributed by atoms with van der Waals surface area (Å²) in [5.74, 6) is -0.374. The van der Waals surface area contributed by atoms with Gasteiger partial charge in [-0.3, -0.25) is 4.79 Å². The van der Waals surface area contributed by atoms with Crippen LogP contribution in [0.5, 0.6) is 0 Å². The van der Waals surface area contributed by atoms with E-state index in [9.17, 15) is 14.3 Å². The van der Waals surface area contributed by atoms with Gasteiger partial charge in [0.2, 0.25) is 0 Å². The molecule has 4 heteroatoms. The van der Waals surface area contributed by atoms with Crippen LogP contribution >= 0.6 is 0 Å². The number of hydrogen-bond acceptors (Lipinski definition) is 2. The van der Waals surface area contributed by atoms with Crippen LogP contribution in [0.15, 0.2) is 53.3 Å². The quantitative estimate of drug-likeness (QED) is 0.760. The lowest BCUT2D eigenvalue weighted by Gasteiger charge is -2.17. The lowest BCUT2D eigenvalue weighted by molar-refractivity contribution is 0.0786. The molecule has 0 aliphatic carbocycles. The van der Waals surface area contributed by atoms with Crippen LogP contribution in [-0.4, -0.2) is 10.1 Å². The molecule has 0 unspecified atom stereocenters. The zero-order valence-corrected chi connectivity index (χ0v) is 12.4. The van der Waals surface area contributed by atoms with Crippen LogP contribution in [0.4, 0.5) is 4.39 Å². The predicted octanol–water partition coefficient (Wildman–Crippen LogP) is 3.56. The maximum absolute atomic E-state index is 13.3. The van der Waals surface area contributed by atoms with E-state index in [1.807, 2.05) is 24.3 Å². The molecule has 3 nitrogen and oxygen atoms in total. The minimum atomic E-state index is -0.918. The standard InChI is InChI=1S/C18H16FNO2/c1-18(2,22)13-5-3-11(4-6-13)16-10-12-9-14(19)7-8-15(12)17(21)20-16/h3-10,22H,1-2H3,(H,20,21). The molecule has 0 saturated carbocycles. The third-order valence-electron chi connectivity index (χ3n) is 3.71. The minimum Gasteiger partial charge on any atom is -0.386 e. The number of fused-ring (bicyclic) bond motifs is 1. The molecule has 0 amide bonds. The van der Waals surface area contributed by atoms with Crippen molar-refractivity contribution in [1.82, 2.24) is 4.98 Å². The van der Waals surface area contributed by atoms with Crippen molar-refractivity contribution in [2.75, 3.05) is 0 Å². The number of rotatable bonds is 2. The molecule has 1 aromatic heterocycles. The van der Waals surface area contributed by atoms with Gasteiger partial charge in [-0.05, 0) is 54.6 Å². The molecule has 0 bridgehead atoms. The molecule has 0 fully saturated rings. The van der Waals surface area contributed by atoms with Gasteiger partial charge in [0.15, 0.2) is 0 Å². The van der Waals surface area contributed by atoms with Crippen LogP contribution in [0.1, 0.15) is 19.4 Å². The van der Waals surface area contributed by atoms with Crippen LogP contribution < -0.4 is 5.56 Å². The number of aromatic nitrogens is 1. The first-order valence-electron chi connectivity index (χ1n) is 7.00. The fourth-order valence-corrected chi connectivity index (χ4v) is 2.45. The molecule has 0 aliphatic rings. The Hall–Kier alpha value is -2.46. The molecule has 0 aliphatic heterocycles. The van der Waals surface area contributed by atoms with Gasteiger partial charge in [-0.15, -0.1) is 0 Å². The lowest BCUT2D eigenvalue weighted by Crippen LogP contribution is -2.15. The van der Waals surface area contributed by atoms with Crippen LogP contribution in [-0.2, 0) is 5.60 Å². The number of benzene rings is 2. The molecule has 2 N–H and O–H groups in total. The van der Waals surface area contributed by atoms with Crippen molar-refractivity contribution in [1.29, 1.82) is 0 Å². The van der Waals surface area contributed by atoms with Crippen molar-refractivity contribution in [2.24, 2.45) is 0 Å². The molecule has 0 atom stereocenters. The van der Waals surface area contributed by atoms with E-state index in [-0.39, 0.29) is 11.4 Å². The molecule has 112 valence electrons. The third kappa shape index (κ3) is 2.65. The Morgan fingerprint density at radius 3 is 2.36 bits per heavy atom. The number of H-pyrrole nitrogens is 1. The second-order valence-electron chi connectivity index (χ2n) is 5.88. The maximum Gasteiger partial charge on any atom is 0.256 e. The second kappa shape index (κ2) is 5.07. The second-order valence-corrected chi connectivity index (χ2v) is 5.88. The van der Waals surface area contributed by atoms with Crippen molar-refractivity contribution in [2.45, 2.75) is 19.4 Å². The molecule has 0 radical (unpaired) electrons. The van der Waals surface area contributed by atoms with E-state index in [2.05, 4.69) is 4.98 Å². The van der Waals surface area contributed by atoms with E-state index in [0.717, 1.165) is 11.1 Å². The summed E-state index contributed by atoms with van der Waals surface area (Å²) in [5.41, 5.74) is 1.03. The van der Waals surface area contributed by atoms with Gasteiger partial charge in [0.05, 0.1) is 5.60 Å². The number of hydrogen-bond donors (Lipinski definition) is 2. The maximum atomic E-state index is 13.3. The highest BCUT2D eigenvalue weighted by Gasteiger charge is 2.15. The van der Waals surface area contributed by atoms with E-state index < -0.39 is 5.60 Å². The molecule has 0 saturated heterocycles. The largest absolute Gasteiger partial charge is 0.386 e. The molecule has 22 heavy (non-hydrogen) atoms. The SMILES string of the molecule is CC(C)(O)c1ccc(-c2cc3cc(F)ccc3c(=O)[nH]2)cc1. The van der Waals surface area contributed by atoms with Crippen LogP contribution in [0, 0.1) is 5.82 Å². The van der Waals surface area contributed by atoms with Gasteiger partial charge < -0.3 is 10.1 Å². The van der Waals surface area contributed by atoms with Crippen LogP contribution in [0.2, 0.25) is 0 Å². The van der Waals surface area contributed by atoms with E-state index >= 15 is 0 Å². The van der Waals surface area contributed by atoms with E-state index in [1.54, 1.807) is 19.9 Å². The number of aromatic amines is 1. The zero-order chi connectivity index (χ0) is 15.9. The highest BCUT2D eigenvalue weighted by atomic mass is 19.1. The average molecular weight is 297 g/mol. The van der Waals surface area contributed by atoms with Gasteiger partial charge in [0.1, 0.15) is 5.82 Å². The van der Waals surface area contributed by atoms with Gasteiger partial charge in [-0.2, -0.15) is 0 Å². The summed E-state index contributed by atoms with van der Waals surface area (Å²) in [7, 11) is 0. The third-order valence-corrected chi connectivity index (χ3v) is 3.71. The molecule has 3 rings (SSSR count). The van der Waals surface area contributed by atoms with Gasteiger partial charge in [-0.25, -0.2) is 4.39 Å². The average Bonchev–Trinajstić information content (AvgIpc) is 2.46. The van der Waals surface area contributed by atoms with Gasteiger partial charge in [-0.1, -0.05) is 24.3 Å². The minimum absolute atomic E-state index is 0.251. The monoisotopic (exact) mass is 297 g/mol. The number of aliphatic hydroxyl groups is 1. The van der Waals surface area contributed by atoms with Gasteiger partial charge >= 0.3 is 0 Å². The summed E-state index contributed by atoms with van der Waals surface area (Å²) in [6.45, 7) is 3.42. The van der Waals surface area contributed by atoms with E-state index in [4.69, 9.17) is 0 Å². The van der Waals surface area contributed by atoms with Crippen molar-refractivity contribution in [3.05, 3.63) is 70.3 Å². The lowest BCUT2D eigenvalue weighted by atomic mass is 9.96. The Balaban J connectivity index is 2.12. The smallest absolute Gasteiger partial charge is 0.256 e. The Morgan fingerprint density at radius 2 is 1.73 bits per heavy atom. The summed E-state index contributed by atoms with van der Waals surface area (Å²) in [5, 5.41) is 11.0. The molecule has 2 aromatic carbocycles. The molecule has 0 spiro atoms. The molecule has 3 aromatic rings. The molecule has 1 heterocycles. The van der Waals surface area contributed by atoms with E-state index in [0.29, 0.717) is 16.5 Å². The normalized spacial score (nSPS) is 11.8. The highest BCUT2D eigenvalue weighted by molar-refractivity contribution is 5.85. The fourth-order valence-electron chi connectivity index (χ4n) is 2.45. The fraction of sp³-hybridized carbons (Fsp3) is 0.167. The number of pyridine rings is 1. The first kappa shape index (κ1) is 14.5. The summed E-state index contributed by atoms with van der Waals surface area (Å²) in [6.07, 6.45) is 0. The first-order chi connectivity index (χ1) is 10.3. The van der Waals surface area contributed by atoms with Crippen molar-refractivity contribution in [3.8, 4) is 11.3 Å². The Labute approximate surface area is 127 Å². The summed E-state index contributed by atoms with van der Waals surface area (Å²) in [4.78, 5) is 14.9. The first-order valence-corrected chi connectivity index (χ1v) is 7.00. The van der Waals surface area contributed by atoms with Crippen molar-refractivity contribution in [3.63, 3.8) is 0 Å². The topological polar surface area (TPSA) is 53.1 Å². The summed E-state index contributed by atoms with van der Waals surface area (Å²) < 4.78 is 13.3. The van der Waals surface area contributed by atoms with Crippen molar-refractivity contribution >= 4 is 10.8 Å². The Bertz CT molecular complexity index is 890.